The average Bonchev–Trinajstić information content (AvgIpc) is 2.49. The lowest BCUT2D eigenvalue weighted by atomic mass is 10.1. The fourth-order valence-electron chi connectivity index (χ4n) is 1.25. The molecule has 0 radical (unpaired) electrons. The molecule has 0 atom stereocenters. The summed E-state index contributed by atoms with van der Waals surface area (Å²) in [7, 11) is 0. The van der Waals surface area contributed by atoms with Crippen molar-refractivity contribution in [1.82, 2.24) is 10.2 Å². The minimum atomic E-state index is 0.940. The van der Waals surface area contributed by atoms with Crippen LogP contribution in [-0.2, 0) is 0 Å². The predicted octanol–water partition coefficient (Wildman–Crippen LogP) is 3.91. The third-order valence-electron chi connectivity index (χ3n) is 2.00. The van der Waals surface area contributed by atoms with Crippen molar-refractivity contribution in [3.63, 3.8) is 0 Å². The van der Waals surface area contributed by atoms with Crippen LogP contribution in [0.25, 0.3) is 11.3 Å². The largest absolute Gasteiger partial charge is 0.281 e. The van der Waals surface area contributed by atoms with Crippen molar-refractivity contribution in [2.24, 2.45) is 0 Å². The molecular formula is C10H8Br2N2. The minimum Gasteiger partial charge on any atom is -0.281 e. The Balaban J connectivity index is 2.60. The number of aromatic amines is 1. The second kappa shape index (κ2) is 3.87. The lowest BCUT2D eigenvalue weighted by molar-refractivity contribution is 1.05. The van der Waals surface area contributed by atoms with E-state index < -0.39 is 0 Å². The summed E-state index contributed by atoms with van der Waals surface area (Å²) in [6.07, 6.45) is 0. The first-order chi connectivity index (χ1) is 6.70. The normalized spacial score (nSPS) is 10.5. The van der Waals surface area contributed by atoms with E-state index in [1.807, 2.05) is 31.2 Å². The molecule has 0 aliphatic carbocycles. The zero-order chi connectivity index (χ0) is 10.1. The number of nitrogens with one attached hydrogen (secondary N) is 1. The second-order valence-electron chi connectivity index (χ2n) is 2.99. The van der Waals surface area contributed by atoms with Gasteiger partial charge in [0.15, 0.2) is 0 Å². The van der Waals surface area contributed by atoms with Gasteiger partial charge in [-0.05, 0) is 28.9 Å². The topological polar surface area (TPSA) is 28.7 Å². The van der Waals surface area contributed by atoms with Crippen LogP contribution < -0.4 is 0 Å². The van der Waals surface area contributed by atoms with Gasteiger partial charge in [0, 0.05) is 15.7 Å². The first-order valence-corrected chi connectivity index (χ1v) is 5.74. The number of hydrogen-bond donors (Lipinski definition) is 1. The Kier molecular flexibility index (Phi) is 2.74. The molecule has 1 N–H and O–H groups in total. The van der Waals surface area contributed by atoms with Gasteiger partial charge in [-0.1, -0.05) is 34.1 Å². The summed E-state index contributed by atoms with van der Waals surface area (Å²) in [5.74, 6) is 0. The summed E-state index contributed by atoms with van der Waals surface area (Å²) in [6.45, 7) is 1.98. The van der Waals surface area contributed by atoms with E-state index in [-0.39, 0.29) is 0 Å². The molecule has 1 heterocycles. The third kappa shape index (κ3) is 1.64. The van der Waals surface area contributed by atoms with Gasteiger partial charge in [0.2, 0.25) is 0 Å². The molecule has 0 saturated heterocycles. The Bertz CT molecular complexity index is 463. The molecule has 0 aliphatic rings. The van der Waals surface area contributed by atoms with Crippen LogP contribution in [0.2, 0.25) is 0 Å². The van der Waals surface area contributed by atoms with E-state index >= 15 is 0 Å². The molecule has 0 amide bonds. The summed E-state index contributed by atoms with van der Waals surface area (Å²) in [4.78, 5) is 0. The van der Waals surface area contributed by atoms with Gasteiger partial charge in [0.25, 0.3) is 0 Å². The van der Waals surface area contributed by atoms with Crippen LogP contribution in [0.15, 0.2) is 33.2 Å². The highest BCUT2D eigenvalue weighted by Crippen LogP contribution is 2.32. The van der Waals surface area contributed by atoms with Gasteiger partial charge in [-0.2, -0.15) is 5.10 Å². The van der Waals surface area contributed by atoms with Crippen LogP contribution in [0.1, 0.15) is 5.69 Å². The van der Waals surface area contributed by atoms with E-state index in [4.69, 9.17) is 0 Å². The quantitative estimate of drug-likeness (QED) is 0.849. The molecular weight excluding hydrogens is 308 g/mol. The van der Waals surface area contributed by atoms with Crippen molar-refractivity contribution >= 4 is 31.9 Å². The Morgan fingerprint density at radius 1 is 1.21 bits per heavy atom. The summed E-state index contributed by atoms with van der Waals surface area (Å²) < 4.78 is 2.07. The number of H-pyrrole nitrogens is 1. The number of benzene rings is 1. The van der Waals surface area contributed by atoms with Crippen LogP contribution in [0, 0.1) is 6.92 Å². The van der Waals surface area contributed by atoms with Gasteiger partial charge in [0.05, 0.1) is 4.47 Å². The van der Waals surface area contributed by atoms with Crippen molar-refractivity contribution in [3.05, 3.63) is 38.9 Å². The maximum atomic E-state index is 4.24. The summed E-state index contributed by atoms with van der Waals surface area (Å²) in [5, 5.41) is 7.19. The molecule has 14 heavy (non-hydrogen) atoms. The zero-order valence-electron chi connectivity index (χ0n) is 7.51. The molecule has 0 saturated carbocycles. The minimum absolute atomic E-state index is 0.940. The number of halogens is 2. The van der Waals surface area contributed by atoms with E-state index in [0.717, 1.165) is 25.9 Å². The molecule has 2 nitrogen and oxygen atoms in total. The summed E-state index contributed by atoms with van der Waals surface area (Å²) >= 11 is 7.01. The zero-order valence-corrected chi connectivity index (χ0v) is 10.7. The Hall–Kier alpha value is -0.610. The standard InChI is InChI=1S/C10H8Br2N2/c1-6-9(12)10(14-13-6)7-4-2-3-5-8(7)11/h2-5H,1H3,(H,13,14). The van der Waals surface area contributed by atoms with Crippen LogP contribution in [-0.4, -0.2) is 10.2 Å². The molecule has 0 aliphatic heterocycles. The smallest absolute Gasteiger partial charge is 0.108 e. The second-order valence-corrected chi connectivity index (χ2v) is 4.64. The first kappa shape index (κ1) is 9.93. The van der Waals surface area contributed by atoms with Crippen molar-refractivity contribution in [2.75, 3.05) is 0 Å². The molecule has 0 unspecified atom stereocenters. The van der Waals surface area contributed by atoms with E-state index in [9.17, 15) is 0 Å². The molecule has 4 heteroatoms. The Morgan fingerprint density at radius 3 is 2.50 bits per heavy atom. The number of hydrogen-bond acceptors (Lipinski definition) is 1. The van der Waals surface area contributed by atoms with E-state index in [2.05, 4.69) is 42.1 Å². The SMILES string of the molecule is Cc1[nH]nc(-c2ccccc2Br)c1Br. The van der Waals surface area contributed by atoms with Crippen molar-refractivity contribution in [3.8, 4) is 11.3 Å². The van der Waals surface area contributed by atoms with E-state index in [1.54, 1.807) is 0 Å². The number of aryl methyl sites for hydroxylation is 1. The number of rotatable bonds is 1. The van der Waals surface area contributed by atoms with Crippen molar-refractivity contribution in [2.45, 2.75) is 6.92 Å². The van der Waals surface area contributed by atoms with Crippen LogP contribution >= 0.6 is 31.9 Å². The maximum Gasteiger partial charge on any atom is 0.108 e. The third-order valence-corrected chi connectivity index (χ3v) is 3.66. The molecule has 1 aromatic heterocycles. The van der Waals surface area contributed by atoms with Gasteiger partial charge < -0.3 is 0 Å². The average molecular weight is 316 g/mol. The van der Waals surface area contributed by atoms with Gasteiger partial charge >= 0.3 is 0 Å². The predicted molar refractivity (Wildman–Crippen MR) is 64.2 cm³/mol. The number of nitrogens with zero attached hydrogens (tertiary/aromatic N) is 1. The van der Waals surface area contributed by atoms with Gasteiger partial charge in [-0.3, -0.25) is 5.10 Å². The van der Waals surface area contributed by atoms with E-state index in [0.29, 0.717) is 0 Å². The lowest BCUT2D eigenvalue weighted by Crippen LogP contribution is -1.80. The van der Waals surface area contributed by atoms with Crippen LogP contribution in [0.5, 0.6) is 0 Å². The summed E-state index contributed by atoms with van der Waals surface area (Å²) in [5.41, 5.74) is 3.06. The lowest BCUT2D eigenvalue weighted by Gasteiger charge is -2.00. The van der Waals surface area contributed by atoms with Gasteiger partial charge in [-0.15, -0.1) is 0 Å². The molecule has 0 bridgehead atoms. The first-order valence-electron chi connectivity index (χ1n) is 4.15. The van der Waals surface area contributed by atoms with Crippen LogP contribution in [0.3, 0.4) is 0 Å². The molecule has 1 aromatic carbocycles. The van der Waals surface area contributed by atoms with Crippen molar-refractivity contribution in [1.29, 1.82) is 0 Å². The fraction of sp³-hybridized carbons (Fsp3) is 0.100. The van der Waals surface area contributed by atoms with Crippen molar-refractivity contribution < 1.29 is 0 Å². The van der Waals surface area contributed by atoms with E-state index in [1.165, 1.54) is 0 Å². The highest BCUT2D eigenvalue weighted by molar-refractivity contribution is 9.11. The molecule has 0 spiro atoms. The molecule has 0 fully saturated rings. The number of aromatic nitrogens is 2. The fourth-order valence-corrected chi connectivity index (χ4v) is 2.11. The van der Waals surface area contributed by atoms with Gasteiger partial charge in [0.1, 0.15) is 5.69 Å². The van der Waals surface area contributed by atoms with Gasteiger partial charge in [-0.25, -0.2) is 0 Å². The summed E-state index contributed by atoms with van der Waals surface area (Å²) in [6, 6.07) is 8.02. The Labute approximate surface area is 99.0 Å². The van der Waals surface area contributed by atoms with Crippen LogP contribution in [0.4, 0.5) is 0 Å². The maximum absolute atomic E-state index is 4.24. The molecule has 72 valence electrons. The highest BCUT2D eigenvalue weighted by Gasteiger charge is 2.11. The monoisotopic (exact) mass is 314 g/mol. The Morgan fingerprint density at radius 2 is 1.93 bits per heavy atom. The molecule has 2 aromatic rings. The molecule has 2 rings (SSSR count). The highest BCUT2D eigenvalue weighted by atomic mass is 79.9.